The summed E-state index contributed by atoms with van der Waals surface area (Å²) in [6.45, 7) is 1.90. The summed E-state index contributed by atoms with van der Waals surface area (Å²) in [7, 11) is -3.68. The van der Waals surface area contributed by atoms with Crippen molar-refractivity contribution < 1.29 is 18.3 Å². The molecule has 0 saturated carbocycles. The van der Waals surface area contributed by atoms with Gasteiger partial charge in [0.1, 0.15) is 0 Å². The highest BCUT2D eigenvalue weighted by atomic mass is 32.2. The van der Waals surface area contributed by atoms with E-state index in [9.17, 15) is 8.42 Å². The minimum atomic E-state index is -3.68. The Hall–Kier alpha value is -0.210. The smallest absolute Gasteiger partial charge is 0.277 e. The first-order valence-electron chi connectivity index (χ1n) is 3.97. The van der Waals surface area contributed by atoms with Gasteiger partial charge in [-0.2, -0.15) is 12.7 Å². The molecular formula is C6H14N2O4S. The summed E-state index contributed by atoms with van der Waals surface area (Å²) >= 11 is 0. The minimum absolute atomic E-state index is 0.122. The molecule has 0 aromatic carbocycles. The summed E-state index contributed by atoms with van der Waals surface area (Å²) in [6.07, 6.45) is -0.463. The number of hydrogen-bond acceptors (Lipinski definition) is 4. The highest BCUT2D eigenvalue weighted by Crippen LogP contribution is 2.13. The normalized spacial score (nSPS) is 31.9. The van der Waals surface area contributed by atoms with Crippen LogP contribution in [0.15, 0.2) is 0 Å². The molecule has 1 heterocycles. The maximum atomic E-state index is 11.0. The number of hydrogen-bond donors (Lipinski definition) is 2. The molecule has 1 aliphatic heterocycles. The number of aliphatic hydroxyl groups is 1. The molecule has 0 amide bonds. The zero-order valence-corrected chi connectivity index (χ0v) is 8.20. The Bertz CT molecular complexity index is 266. The van der Waals surface area contributed by atoms with Crippen molar-refractivity contribution in [2.45, 2.75) is 19.1 Å². The first-order chi connectivity index (χ1) is 5.95. The monoisotopic (exact) mass is 210 g/mol. The van der Waals surface area contributed by atoms with Crippen LogP contribution in [0.25, 0.3) is 0 Å². The summed E-state index contributed by atoms with van der Waals surface area (Å²) in [5, 5.41) is 13.8. The summed E-state index contributed by atoms with van der Waals surface area (Å²) < 4.78 is 28.3. The van der Waals surface area contributed by atoms with Crippen molar-refractivity contribution >= 4 is 10.2 Å². The van der Waals surface area contributed by atoms with E-state index in [0.717, 1.165) is 4.31 Å². The SMILES string of the molecule is CC1COC(CO)CN1S(N)(=O)=O. The van der Waals surface area contributed by atoms with Gasteiger partial charge in [0.25, 0.3) is 10.2 Å². The molecule has 1 aliphatic rings. The summed E-state index contributed by atoms with van der Waals surface area (Å²) in [5.41, 5.74) is 0. The van der Waals surface area contributed by atoms with E-state index in [1.165, 1.54) is 0 Å². The molecule has 3 N–H and O–H groups in total. The highest BCUT2D eigenvalue weighted by molar-refractivity contribution is 7.86. The Labute approximate surface area is 77.5 Å². The van der Waals surface area contributed by atoms with Crippen molar-refractivity contribution in [3.05, 3.63) is 0 Å². The van der Waals surface area contributed by atoms with Gasteiger partial charge in [-0.3, -0.25) is 0 Å². The fourth-order valence-electron chi connectivity index (χ4n) is 1.26. The van der Waals surface area contributed by atoms with Crippen molar-refractivity contribution in [1.82, 2.24) is 4.31 Å². The minimum Gasteiger partial charge on any atom is -0.394 e. The second kappa shape index (κ2) is 3.89. The molecule has 0 bridgehead atoms. The predicted octanol–water partition coefficient (Wildman–Crippen LogP) is -1.73. The Morgan fingerprint density at radius 3 is 2.77 bits per heavy atom. The van der Waals surface area contributed by atoms with E-state index in [1.54, 1.807) is 6.92 Å². The van der Waals surface area contributed by atoms with Gasteiger partial charge in [0.2, 0.25) is 0 Å². The van der Waals surface area contributed by atoms with Gasteiger partial charge in [0, 0.05) is 12.6 Å². The van der Waals surface area contributed by atoms with Crippen LogP contribution in [0, 0.1) is 0 Å². The largest absolute Gasteiger partial charge is 0.394 e. The van der Waals surface area contributed by atoms with Crippen LogP contribution in [0.5, 0.6) is 0 Å². The van der Waals surface area contributed by atoms with Gasteiger partial charge < -0.3 is 9.84 Å². The third-order valence-corrected chi connectivity index (χ3v) is 3.14. The Morgan fingerprint density at radius 1 is 1.69 bits per heavy atom. The molecule has 0 aromatic heterocycles. The van der Waals surface area contributed by atoms with Crippen LogP contribution >= 0.6 is 0 Å². The van der Waals surface area contributed by atoms with Gasteiger partial charge in [-0.25, -0.2) is 5.14 Å². The molecule has 6 nitrogen and oxygen atoms in total. The standard InChI is InChI=1S/C6H14N2O4S/c1-5-4-12-6(3-9)2-8(5)13(7,10)11/h5-6,9H,2-4H2,1H3,(H2,7,10,11). The molecule has 13 heavy (non-hydrogen) atoms. The molecule has 0 radical (unpaired) electrons. The number of nitrogens with two attached hydrogens (primary N) is 1. The average molecular weight is 210 g/mol. The molecule has 7 heteroatoms. The molecule has 78 valence electrons. The molecule has 0 aliphatic carbocycles. The molecule has 0 aromatic rings. The fourth-order valence-corrected chi connectivity index (χ4v) is 2.19. The van der Waals surface area contributed by atoms with E-state index in [0.29, 0.717) is 0 Å². The third-order valence-electron chi connectivity index (χ3n) is 1.98. The van der Waals surface area contributed by atoms with E-state index in [4.69, 9.17) is 15.0 Å². The molecule has 0 spiro atoms. The van der Waals surface area contributed by atoms with E-state index >= 15 is 0 Å². The first-order valence-corrected chi connectivity index (χ1v) is 5.47. The van der Waals surface area contributed by atoms with E-state index in [2.05, 4.69) is 0 Å². The topological polar surface area (TPSA) is 92.9 Å². The number of aliphatic hydroxyl groups excluding tert-OH is 1. The van der Waals surface area contributed by atoms with Gasteiger partial charge in [-0.15, -0.1) is 0 Å². The van der Waals surface area contributed by atoms with E-state index in [1.807, 2.05) is 0 Å². The van der Waals surface area contributed by atoms with Gasteiger partial charge in [0.05, 0.1) is 19.3 Å². The Morgan fingerprint density at radius 2 is 2.31 bits per heavy atom. The van der Waals surface area contributed by atoms with Crippen LogP contribution in [0.4, 0.5) is 0 Å². The quantitative estimate of drug-likeness (QED) is 0.566. The fraction of sp³-hybridized carbons (Fsp3) is 1.00. The summed E-state index contributed by atoms with van der Waals surface area (Å²) in [6, 6.07) is -0.266. The zero-order chi connectivity index (χ0) is 10.1. The number of nitrogens with zero attached hydrogens (tertiary/aromatic N) is 1. The second-order valence-electron chi connectivity index (χ2n) is 3.10. The molecule has 1 saturated heterocycles. The van der Waals surface area contributed by atoms with Gasteiger partial charge in [-0.1, -0.05) is 0 Å². The molecule has 1 fully saturated rings. The molecule has 1 rings (SSSR count). The van der Waals surface area contributed by atoms with Crippen LogP contribution in [-0.2, 0) is 14.9 Å². The lowest BCUT2D eigenvalue weighted by Gasteiger charge is -2.34. The molecule has 2 unspecified atom stereocenters. The van der Waals surface area contributed by atoms with E-state index < -0.39 is 16.3 Å². The van der Waals surface area contributed by atoms with Crippen LogP contribution < -0.4 is 5.14 Å². The van der Waals surface area contributed by atoms with Crippen molar-refractivity contribution in [1.29, 1.82) is 0 Å². The predicted molar refractivity (Wildman–Crippen MR) is 46.1 cm³/mol. The Balaban J connectivity index is 2.71. The highest BCUT2D eigenvalue weighted by Gasteiger charge is 2.31. The third kappa shape index (κ3) is 2.61. The maximum Gasteiger partial charge on any atom is 0.277 e. The molecule has 2 atom stereocenters. The van der Waals surface area contributed by atoms with Crippen molar-refractivity contribution in [3.63, 3.8) is 0 Å². The second-order valence-corrected chi connectivity index (χ2v) is 4.60. The van der Waals surface area contributed by atoms with Crippen LogP contribution in [-0.4, -0.2) is 49.7 Å². The maximum absolute atomic E-state index is 11.0. The van der Waals surface area contributed by atoms with Crippen LogP contribution in [0.1, 0.15) is 6.92 Å². The lowest BCUT2D eigenvalue weighted by molar-refractivity contribution is -0.0516. The van der Waals surface area contributed by atoms with Crippen molar-refractivity contribution in [2.24, 2.45) is 5.14 Å². The lowest BCUT2D eigenvalue weighted by Crippen LogP contribution is -2.53. The molecular weight excluding hydrogens is 196 g/mol. The Kier molecular flexibility index (Phi) is 3.25. The van der Waals surface area contributed by atoms with Crippen molar-refractivity contribution in [2.75, 3.05) is 19.8 Å². The lowest BCUT2D eigenvalue weighted by atomic mass is 10.2. The van der Waals surface area contributed by atoms with Gasteiger partial charge in [0.15, 0.2) is 0 Å². The number of rotatable bonds is 2. The summed E-state index contributed by atoms with van der Waals surface area (Å²) in [5.74, 6) is 0. The van der Waals surface area contributed by atoms with Crippen LogP contribution in [0.2, 0.25) is 0 Å². The van der Waals surface area contributed by atoms with Crippen molar-refractivity contribution in [3.8, 4) is 0 Å². The number of morpholine rings is 1. The van der Waals surface area contributed by atoms with E-state index in [-0.39, 0.29) is 25.8 Å². The van der Waals surface area contributed by atoms with Gasteiger partial charge in [-0.05, 0) is 6.92 Å². The summed E-state index contributed by atoms with van der Waals surface area (Å²) in [4.78, 5) is 0. The van der Waals surface area contributed by atoms with Gasteiger partial charge >= 0.3 is 0 Å². The zero-order valence-electron chi connectivity index (χ0n) is 7.38. The number of ether oxygens (including phenoxy) is 1. The van der Waals surface area contributed by atoms with Crippen LogP contribution in [0.3, 0.4) is 0 Å². The average Bonchev–Trinajstić information content (AvgIpc) is 2.03. The first kappa shape index (κ1) is 10.9.